The van der Waals surface area contributed by atoms with Crippen LogP contribution in [-0.2, 0) is 0 Å². The normalized spacial score (nSPS) is 11.8. The Balaban J connectivity index is 2.33. The minimum absolute atomic E-state index is 0.0613. The Hall–Kier alpha value is -2.13. The molecule has 0 aromatic heterocycles. The molecule has 1 amide bonds. The molecule has 0 radical (unpaired) electrons. The highest BCUT2D eigenvalue weighted by molar-refractivity contribution is 6.30. The van der Waals surface area contributed by atoms with Crippen LogP contribution in [0, 0.1) is 0 Å². The summed E-state index contributed by atoms with van der Waals surface area (Å²) in [6.07, 6.45) is 0.832. The van der Waals surface area contributed by atoms with Crippen LogP contribution in [0.3, 0.4) is 0 Å². The van der Waals surface area contributed by atoms with Crippen molar-refractivity contribution in [3.63, 3.8) is 0 Å². The quantitative estimate of drug-likeness (QED) is 0.844. The third kappa shape index (κ3) is 3.74. The van der Waals surface area contributed by atoms with Crippen molar-refractivity contribution in [2.75, 3.05) is 0 Å². The van der Waals surface area contributed by atoms with Gasteiger partial charge in [-0.15, -0.1) is 0 Å². The number of rotatable bonds is 5. The van der Waals surface area contributed by atoms with Crippen molar-refractivity contribution < 1.29 is 9.59 Å². The summed E-state index contributed by atoms with van der Waals surface area (Å²) in [6.45, 7) is 3.93. The number of benzene rings is 2. The molecule has 0 saturated carbocycles. The van der Waals surface area contributed by atoms with Crippen LogP contribution in [0.4, 0.5) is 0 Å². The van der Waals surface area contributed by atoms with Gasteiger partial charge in [-0.3, -0.25) is 9.59 Å². The smallest absolute Gasteiger partial charge is 0.252 e. The van der Waals surface area contributed by atoms with Gasteiger partial charge >= 0.3 is 0 Å². The van der Waals surface area contributed by atoms with E-state index in [0.717, 1.165) is 6.42 Å². The zero-order chi connectivity index (χ0) is 16.1. The maximum absolute atomic E-state index is 12.6. The molecule has 0 heterocycles. The molecule has 0 aliphatic rings. The van der Waals surface area contributed by atoms with Crippen molar-refractivity contribution in [3.8, 4) is 0 Å². The van der Waals surface area contributed by atoms with Gasteiger partial charge in [0.2, 0.25) is 0 Å². The average Bonchev–Trinajstić information content (AvgIpc) is 2.54. The van der Waals surface area contributed by atoms with Gasteiger partial charge in [0.15, 0.2) is 5.78 Å². The molecule has 114 valence electrons. The summed E-state index contributed by atoms with van der Waals surface area (Å²) in [7, 11) is 0. The van der Waals surface area contributed by atoms with E-state index >= 15 is 0 Å². The molecule has 1 N–H and O–H groups in total. The molecule has 0 saturated heterocycles. The highest BCUT2D eigenvalue weighted by Crippen LogP contribution is 2.17. The van der Waals surface area contributed by atoms with Gasteiger partial charge in [0, 0.05) is 22.2 Å². The molecular formula is C18H18ClNO2. The number of amides is 1. The molecule has 3 nitrogen and oxygen atoms in total. The van der Waals surface area contributed by atoms with E-state index in [4.69, 9.17) is 11.6 Å². The number of nitrogens with one attached hydrogen (secondary N) is 1. The molecule has 2 rings (SSSR count). The molecule has 1 unspecified atom stereocenters. The van der Waals surface area contributed by atoms with Crippen molar-refractivity contribution >= 4 is 23.3 Å². The fourth-order valence-electron chi connectivity index (χ4n) is 2.04. The average molecular weight is 316 g/mol. The summed E-state index contributed by atoms with van der Waals surface area (Å²) >= 11 is 5.84. The van der Waals surface area contributed by atoms with Crippen LogP contribution in [0.1, 0.15) is 46.5 Å². The summed E-state index contributed by atoms with van der Waals surface area (Å²) in [4.78, 5) is 25.0. The van der Waals surface area contributed by atoms with Gasteiger partial charge < -0.3 is 5.32 Å². The number of carbonyl (C=O) groups is 2. The summed E-state index contributed by atoms with van der Waals surface area (Å²) in [5.41, 5.74) is 1.29. The molecule has 0 bridgehead atoms. The van der Waals surface area contributed by atoms with Crippen molar-refractivity contribution in [2.24, 2.45) is 0 Å². The number of halogens is 1. The van der Waals surface area contributed by atoms with Crippen LogP contribution in [0.2, 0.25) is 5.02 Å². The number of ketones is 1. The molecule has 4 heteroatoms. The van der Waals surface area contributed by atoms with Gasteiger partial charge in [-0.25, -0.2) is 0 Å². The van der Waals surface area contributed by atoms with Gasteiger partial charge in [-0.05, 0) is 43.7 Å². The summed E-state index contributed by atoms with van der Waals surface area (Å²) in [5.74, 6) is -0.418. The molecule has 1 atom stereocenters. The van der Waals surface area contributed by atoms with Crippen molar-refractivity contribution in [1.82, 2.24) is 5.32 Å². The van der Waals surface area contributed by atoms with Crippen LogP contribution in [0.25, 0.3) is 0 Å². The van der Waals surface area contributed by atoms with Gasteiger partial charge in [0.25, 0.3) is 5.91 Å². The van der Waals surface area contributed by atoms with E-state index in [1.54, 1.807) is 48.5 Å². The molecule has 2 aromatic rings. The molecule has 22 heavy (non-hydrogen) atoms. The molecule has 0 spiro atoms. The Morgan fingerprint density at radius 2 is 1.64 bits per heavy atom. The minimum atomic E-state index is -0.229. The SMILES string of the molecule is CCC(C)NC(=O)c1ccccc1C(=O)c1ccc(Cl)cc1. The Morgan fingerprint density at radius 1 is 1.05 bits per heavy atom. The van der Waals surface area contributed by atoms with Gasteiger partial charge in [0.1, 0.15) is 0 Å². The molecule has 0 fully saturated rings. The summed E-state index contributed by atoms with van der Waals surface area (Å²) in [6, 6.07) is 13.6. The zero-order valence-electron chi connectivity index (χ0n) is 12.6. The maximum Gasteiger partial charge on any atom is 0.252 e. The van der Waals surface area contributed by atoms with Gasteiger partial charge in [-0.2, -0.15) is 0 Å². The lowest BCUT2D eigenvalue weighted by molar-refractivity contribution is 0.0929. The number of hydrogen-bond donors (Lipinski definition) is 1. The van der Waals surface area contributed by atoms with Crippen LogP contribution in [-0.4, -0.2) is 17.7 Å². The fourth-order valence-corrected chi connectivity index (χ4v) is 2.17. The molecular weight excluding hydrogens is 298 g/mol. The summed E-state index contributed by atoms with van der Waals surface area (Å²) < 4.78 is 0. The van der Waals surface area contributed by atoms with E-state index in [-0.39, 0.29) is 17.7 Å². The highest BCUT2D eigenvalue weighted by Gasteiger charge is 2.18. The second-order valence-electron chi connectivity index (χ2n) is 5.16. The lowest BCUT2D eigenvalue weighted by Crippen LogP contribution is -2.33. The van der Waals surface area contributed by atoms with E-state index < -0.39 is 0 Å². The van der Waals surface area contributed by atoms with E-state index in [0.29, 0.717) is 21.7 Å². The molecule has 0 aliphatic carbocycles. The van der Waals surface area contributed by atoms with Gasteiger partial charge in [-0.1, -0.05) is 36.7 Å². The Labute approximate surface area is 135 Å². The Kier molecular flexibility index (Phi) is 5.34. The number of carbonyl (C=O) groups excluding carboxylic acids is 2. The first-order valence-electron chi connectivity index (χ1n) is 7.23. The summed E-state index contributed by atoms with van der Waals surface area (Å²) in [5, 5.41) is 3.46. The fraction of sp³-hybridized carbons (Fsp3) is 0.222. The first-order chi connectivity index (χ1) is 10.5. The van der Waals surface area contributed by atoms with E-state index in [2.05, 4.69) is 5.32 Å². The van der Waals surface area contributed by atoms with Crippen LogP contribution >= 0.6 is 11.6 Å². The largest absolute Gasteiger partial charge is 0.350 e. The van der Waals surface area contributed by atoms with Crippen molar-refractivity contribution in [2.45, 2.75) is 26.3 Å². The highest BCUT2D eigenvalue weighted by atomic mass is 35.5. The molecule has 2 aromatic carbocycles. The van der Waals surface area contributed by atoms with E-state index in [1.807, 2.05) is 13.8 Å². The third-order valence-electron chi connectivity index (χ3n) is 3.51. The topological polar surface area (TPSA) is 46.2 Å². The Morgan fingerprint density at radius 3 is 2.23 bits per heavy atom. The minimum Gasteiger partial charge on any atom is -0.350 e. The standard InChI is InChI=1S/C18H18ClNO2/c1-3-12(2)20-18(22)16-7-5-4-6-15(16)17(21)13-8-10-14(19)11-9-13/h4-12H,3H2,1-2H3,(H,20,22). The van der Waals surface area contributed by atoms with Crippen LogP contribution in [0.5, 0.6) is 0 Å². The van der Waals surface area contributed by atoms with E-state index in [9.17, 15) is 9.59 Å². The predicted octanol–water partition coefficient (Wildman–Crippen LogP) is 4.10. The Bertz CT molecular complexity index is 680. The lowest BCUT2D eigenvalue weighted by atomic mass is 9.97. The predicted molar refractivity (Wildman–Crippen MR) is 88.5 cm³/mol. The van der Waals surface area contributed by atoms with Gasteiger partial charge in [0.05, 0.1) is 5.56 Å². The van der Waals surface area contributed by atoms with Crippen molar-refractivity contribution in [3.05, 3.63) is 70.2 Å². The third-order valence-corrected chi connectivity index (χ3v) is 3.76. The van der Waals surface area contributed by atoms with Crippen LogP contribution < -0.4 is 5.32 Å². The maximum atomic E-state index is 12.6. The first kappa shape index (κ1) is 16.2. The lowest BCUT2D eigenvalue weighted by Gasteiger charge is -2.13. The van der Waals surface area contributed by atoms with Crippen LogP contribution in [0.15, 0.2) is 48.5 Å². The second-order valence-corrected chi connectivity index (χ2v) is 5.60. The monoisotopic (exact) mass is 315 g/mol. The van der Waals surface area contributed by atoms with Crippen molar-refractivity contribution in [1.29, 1.82) is 0 Å². The second kappa shape index (κ2) is 7.23. The molecule has 0 aliphatic heterocycles. The first-order valence-corrected chi connectivity index (χ1v) is 7.61. The zero-order valence-corrected chi connectivity index (χ0v) is 13.4. The van der Waals surface area contributed by atoms with E-state index in [1.165, 1.54) is 0 Å². The number of hydrogen-bond acceptors (Lipinski definition) is 2.